The summed E-state index contributed by atoms with van der Waals surface area (Å²) >= 11 is 0. The number of carbonyl (C=O) groups excluding carboxylic acids is 2. The Morgan fingerprint density at radius 1 is 1.09 bits per heavy atom. The Balaban J connectivity index is 1.37. The van der Waals surface area contributed by atoms with Gasteiger partial charge < -0.3 is 19.7 Å². The average molecular weight is 473 g/mol. The van der Waals surface area contributed by atoms with Gasteiger partial charge in [-0.3, -0.25) is 9.59 Å². The number of ether oxygens (including phenoxy) is 2. The molecule has 2 atom stereocenters. The minimum absolute atomic E-state index is 0.0359. The molecule has 2 aromatic rings. The van der Waals surface area contributed by atoms with Crippen molar-refractivity contribution >= 4 is 17.5 Å². The van der Waals surface area contributed by atoms with Gasteiger partial charge in [-0.15, -0.1) is 0 Å². The van der Waals surface area contributed by atoms with Crippen molar-refractivity contribution in [1.29, 1.82) is 0 Å². The van der Waals surface area contributed by atoms with Crippen molar-refractivity contribution in [2.24, 2.45) is 11.8 Å². The SMILES string of the molecule is COc1ccc(CCNC(=O)C2CCCCC2C(=O)N2CCc3ccccc32)cc1OC(F)F. The third kappa shape index (κ3) is 5.32. The van der Waals surface area contributed by atoms with E-state index in [2.05, 4.69) is 10.1 Å². The highest BCUT2D eigenvalue weighted by molar-refractivity contribution is 5.99. The molecule has 34 heavy (non-hydrogen) atoms. The average Bonchev–Trinajstić information content (AvgIpc) is 3.27. The number of fused-ring (bicyclic) bond motifs is 1. The van der Waals surface area contributed by atoms with Crippen molar-refractivity contribution in [3.05, 3.63) is 53.6 Å². The highest BCUT2D eigenvalue weighted by Gasteiger charge is 2.39. The van der Waals surface area contributed by atoms with Crippen LogP contribution in [0.25, 0.3) is 0 Å². The Morgan fingerprint density at radius 3 is 2.62 bits per heavy atom. The maximum Gasteiger partial charge on any atom is 0.387 e. The van der Waals surface area contributed by atoms with Crippen molar-refractivity contribution in [2.45, 2.75) is 45.1 Å². The van der Waals surface area contributed by atoms with Crippen LogP contribution in [0.3, 0.4) is 0 Å². The topological polar surface area (TPSA) is 67.9 Å². The molecule has 0 aromatic heterocycles. The van der Waals surface area contributed by atoms with Gasteiger partial charge in [0.2, 0.25) is 11.8 Å². The fourth-order valence-corrected chi connectivity index (χ4v) is 5.03. The minimum atomic E-state index is -2.95. The maximum atomic E-state index is 13.4. The van der Waals surface area contributed by atoms with Gasteiger partial charge in [0.05, 0.1) is 13.0 Å². The molecule has 2 unspecified atom stereocenters. The number of amides is 2. The predicted octanol–water partition coefficient (Wildman–Crippen LogP) is 4.35. The molecule has 2 aromatic carbocycles. The van der Waals surface area contributed by atoms with E-state index in [1.807, 2.05) is 29.2 Å². The lowest BCUT2D eigenvalue weighted by Crippen LogP contribution is -2.45. The zero-order valence-electron chi connectivity index (χ0n) is 19.3. The summed E-state index contributed by atoms with van der Waals surface area (Å²) in [6.45, 7) is -1.96. The molecule has 1 N–H and O–H groups in total. The zero-order valence-corrected chi connectivity index (χ0v) is 19.3. The Bertz CT molecular complexity index is 1030. The first-order valence-corrected chi connectivity index (χ1v) is 11.8. The number of anilines is 1. The van der Waals surface area contributed by atoms with Crippen molar-refractivity contribution in [3.63, 3.8) is 0 Å². The number of nitrogens with zero attached hydrogens (tertiary/aromatic N) is 1. The molecule has 6 nitrogen and oxygen atoms in total. The lowest BCUT2D eigenvalue weighted by atomic mass is 9.77. The second kappa shape index (κ2) is 10.8. The number of hydrogen-bond acceptors (Lipinski definition) is 4. The van der Waals surface area contributed by atoms with E-state index >= 15 is 0 Å². The molecule has 1 saturated carbocycles. The van der Waals surface area contributed by atoms with Crippen LogP contribution in [0.15, 0.2) is 42.5 Å². The molecule has 8 heteroatoms. The van der Waals surface area contributed by atoms with Gasteiger partial charge in [-0.2, -0.15) is 8.78 Å². The van der Waals surface area contributed by atoms with Crippen molar-refractivity contribution in [1.82, 2.24) is 5.32 Å². The van der Waals surface area contributed by atoms with Crippen molar-refractivity contribution < 1.29 is 27.8 Å². The van der Waals surface area contributed by atoms with Gasteiger partial charge >= 0.3 is 6.61 Å². The largest absolute Gasteiger partial charge is 0.493 e. The van der Waals surface area contributed by atoms with E-state index in [0.29, 0.717) is 32.4 Å². The van der Waals surface area contributed by atoms with Gasteiger partial charge in [0.25, 0.3) is 0 Å². The summed E-state index contributed by atoms with van der Waals surface area (Å²) in [5, 5.41) is 2.95. The molecule has 1 aliphatic heterocycles. The van der Waals surface area contributed by atoms with Gasteiger partial charge in [-0.25, -0.2) is 0 Å². The zero-order chi connectivity index (χ0) is 24.1. The van der Waals surface area contributed by atoms with Crippen LogP contribution in [0, 0.1) is 11.8 Å². The number of rotatable bonds is 8. The van der Waals surface area contributed by atoms with E-state index in [9.17, 15) is 18.4 Å². The summed E-state index contributed by atoms with van der Waals surface area (Å²) in [4.78, 5) is 28.3. The minimum Gasteiger partial charge on any atom is -0.493 e. The monoisotopic (exact) mass is 472 g/mol. The molecular formula is C26H30F2N2O4. The van der Waals surface area contributed by atoms with Crippen LogP contribution >= 0.6 is 0 Å². The van der Waals surface area contributed by atoms with Gasteiger partial charge in [-0.1, -0.05) is 37.1 Å². The molecule has 2 amide bonds. The lowest BCUT2D eigenvalue weighted by Gasteiger charge is -2.32. The Kier molecular flexibility index (Phi) is 7.65. The van der Waals surface area contributed by atoms with Gasteiger partial charge in [0.1, 0.15) is 0 Å². The van der Waals surface area contributed by atoms with Crippen LogP contribution in [0.2, 0.25) is 0 Å². The first-order valence-electron chi connectivity index (χ1n) is 11.8. The molecule has 1 heterocycles. The molecule has 1 aliphatic carbocycles. The normalized spacial score (nSPS) is 19.6. The molecule has 182 valence electrons. The lowest BCUT2D eigenvalue weighted by molar-refractivity contribution is -0.135. The summed E-state index contributed by atoms with van der Waals surface area (Å²) in [5.74, 6) is -0.586. The fourth-order valence-electron chi connectivity index (χ4n) is 5.03. The van der Waals surface area contributed by atoms with Crippen molar-refractivity contribution in [3.8, 4) is 11.5 Å². The summed E-state index contributed by atoms with van der Waals surface area (Å²) in [5.41, 5.74) is 2.86. The van der Waals surface area contributed by atoms with E-state index in [-0.39, 0.29) is 35.1 Å². The summed E-state index contributed by atoms with van der Waals surface area (Å²) < 4.78 is 34.9. The van der Waals surface area contributed by atoms with Crippen LogP contribution in [-0.2, 0) is 22.4 Å². The standard InChI is InChI=1S/C26H30F2N2O4/c1-33-22-11-10-17(16-23(22)34-26(27)28)12-14-29-24(31)19-7-3-4-8-20(19)25(32)30-15-13-18-6-2-5-9-21(18)30/h2,5-6,9-11,16,19-20,26H,3-4,7-8,12-15H2,1H3,(H,29,31). The van der Waals surface area contributed by atoms with E-state index in [1.54, 1.807) is 12.1 Å². The molecular weight excluding hydrogens is 442 g/mol. The first kappa shape index (κ1) is 24.0. The number of benzene rings is 2. The van der Waals surface area contributed by atoms with Gasteiger partial charge in [-0.05, 0) is 55.0 Å². The summed E-state index contributed by atoms with van der Waals surface area (Å²) in [7, 11) is 1.39. The number of carbonyl (C=O) groups is 2. The van der Waals surface area contributed by atoms with E-state index in [1.165, 1.54) is 18.7 Å². The number of halogens is 2. The molecule has 0 radical (unpaired) electrons. The van der Waals surface area contributed by atoms with Gasteiger partial charge in [0.15, 0.2) is 11.5 Å². The van der Waals surface area contributed by atoms with Crippen LogP contribution in [0.4, 0.5) is 14.5 Å². The molecule has 4 rings (SSSR count). The number of alkyl halides is 2. The number of hydrogen-bond donors (Lipinski definition) is 1. The smallest absolute Gasteiger partial charge is 0.387 e. The summed E-state index contributed by atoms with van der Waals surface area (Å²) in [6, 6.07) is 12.7. The molecule has 0 spiro atoms. The fraction of sp³-hybridized carbons (Fsp3) is 0.462. The third-order valence-corrected chi connectivity index (χ3v) is 6.73. The Labute approximate surface area is 198 Å². The molecule has 1 fully saturated rings. The van der Waals surface area contributed by atoms with E-state index in [0.717, 1.165) is 30.5 Å². The maximum absolute atomic E-state index is 13.4. The van der Waals surface area contributed by atoms with Crippen LogP contribution in [-0.4, -0.2) is 38.6 Å². The second-order valence-corrected chi connectivity index (χ2v) is 8.77. The number of nitrogens with one attached hydrogen (secondary N) is 1. The number of para-hydroxylation sites is 1. The van der Waals surface area contributed by atoms with Crippen molar-refractivity contribution in [2.75, 3.05) is 25.1 Å². The quantitative estimate of drug-likeness (QED) is 0.620. The highest BCUT2D eigenvalue weighted by Crippen LogP contribution is 2.36. The second-order valence-electron chi connectivity index (χ2n) is 8.77. The molecule has 0 saturated heterocycles. The third-order valence-electron chi connectivity index (χ3n) is 6.73. The van der Waals surface area contributed by atoms with Crippen LogP contribution < -0.4 is 19.7 Å². The van der Waals surface area contributed by atoms with Crippen LogP contribution in [0.5, 0.6) is 11.5 Å². The molecule has 2 aliphatic rings. The first-order chi connectivity index (χ1) is 16.5. The molecule has 0 bridgehead atoms. The summed E-state index contributed by atoms with van der Waals surface area (Å²) in [6.07, 6.45) is 4.54. The Morgan fingerprint density at radius 2 is 1.85 bits per heavy atom. The highest BCUT2D eigenvalue weighted by atomic mass is 19.3. The predicted molar refractivity (Wildman–Crippen MR) is 124 cm³/mol. The van der Waals surface area contributed by atoms with Gasteiger partial charge in [0, 0.05) is 24.7 Å². The Hall–Kier alpha value is -3.16. The van der Waals surface area contributed by atoms with Crippen LogP contribution in [0.1, 0.15) is 36.8 Å². The van der Waals surface area contributed by atoms with E-state index in [4.69, 9.17) is 4.74 Å². The van der Waals surface area contributed by atoms with E-state index < -0.39 is 6.61 Å². The number of methoxy groups -OCH3 is 1.